The average molecular weight is 364 g/mol. The number of carbonyl (C=O) groups is 1. The van der Waals surface area contributed by atoms with Crippen LogP contribution in [0.15, 0.2) is 30.5 Å². The summed E-state index contributed by atoms with van der Waals surface area (Å²) in [5, 5.41) is 13.4. The molecule has 0 radical (unpaired) electrons. The van der Waals surface area contributed by atoms with E-state index < -0.39 is 28.1 Å². The first kappa shape index (κ1) is 18.9. The molecule has 3 N–H and O–H groups in total. The van der Waals surface area contributed by atoms with E-state index in [0.717, 1.165) is 0 Å². The minimum absolute atomic E-state index is 0.207. The molecule has 9 nitrogen and oxygen atoms in total. The van der Waals surface area contributed by atoms with E-state index in [9.17, 15) is 19.3 Å². The largest absolute Gasteiger partial charge is 0.447 e. The quantitative estimate of drug-likeness (QED) is 0.622. The number of nitrogens with zero attached hydrogens (tertiary/aromatic N) is 2. The molecule has 0 bridgehead atoms. The molecule has 1 aromatic heterocycles. The van der Waals surface area contributed by atoms with Gasteiger partial charge in [-0.15, -0.1) is 0 Å². The molecule has 0 atom stereocenters. The highest BCUT2D eigenvalue weighted by Crippen LogP contribution is 2.36. The van der Waals surface area contributed by atoms with Crippen LogP contribution >= 0.6 is 0 Å². The van der Waals surface area contributed by atoms with Gasteiger partial charge in [-0.2, -0.15) is 0 Å². The summed E-state index contributed by atoms with van der Waals surface area (Å²) in [4.78, 5) is 25.7. The molecule has 1 heterocycles. The van der Waals surface area contributed by atoms with E-state index in [2.05, 4.69) is 10.3 Å². The zero-order valence-electron chi connectivity index (χ0n) is 14.3. The van der Waals surface area contributed by atoms with E-state index in [1.165, 1.54) is 30.5 Å². The van der Waals surface area contributed by atoms with E-state index in [4.69, 9.17) is 15.2 Å². The summed E-state index contributed by atoms with van der Waals surface area (Å²) in [7, 11) is 0. The lowest BCUT2D eigenvalue weighted by Crippen LogP contribution is -2.27. The first-order valence-corrected chi connectivity index (χ1v) is 7.43. The second kappa shape index (κ2) is 7.21. The topological polar surface area (TPSA) is 130 Å². The molecule has 2 aromatic rings. The van der Waals surface area contributed by atoms with E-state index in [1.54, 1.807) is 20.8 Å². The van der Waals surface area contributed by atoms with Crippen molar-refractivity contribution in [1.82, 2.24) is 4.98 Å². The van der Waals surface area contributed by atoms with Crippen LogP contribution in [0.4, 0.5) is 26.4 Å². The van der Waals surface area contributed by atoms with Crippen LogP contribution in [0.2, 0.25) is 0 Å². The lowest BCUT2D eigenvalue weighted by molar-refractivity contribution is -0.384. The van der Waals surface area contributed by atoms with Gasteiger partial charge in [0.05, 0.1) is 10.6 Å². The summed E-state index contributed by atoms with van der Waals surface area (Å²) in [6.07, 6.45) is 0.339. The van der Waals surface area contributed by atoms with Gasteiger partial charge in [0.25, 0.3) is 0 Å². The van der Waals surface area contributed by atoms with Crippen molar-refractivity contribution >= 4 is 23.3 Å². The number of hydrogen-bond acceptors (Lipinski definition) is 7. The van der Waals surface area contributed by atoms with E-state index in [-0.39, 0.29) is 23.0 Å². The van der Waals surface area contributed by atoms with Gasteiger partial charge in [-0.1, -0.05) is 6.07 Å². The molecule has 0 saturated heterocycles. The number of benzene rings is 1. The average Bonchev–Trinajstić information content (AvgIpc) is 2.49. The van der Waals surface area contributed by atoms with Crippen molar-refractivity contribution in [2.24, 2.45) is 0 Å². The van der Waals surface area contributed by atoms with Gasteiger partial charge in [0.1, 0.15) is 5.60 Å². The molecule has 1 aromatic carbocycles. The van der Waals surface area contributed by atoms with Gasteiger partial charge in [0.15, 0.2) is 11.6 Å². The van der Waals surface area contributed by atoms with E-state index in [0.29, 0.717) is 0 Å². The maximum Gasteiger partial charge on any atom is 0.412 e. The van der Waals surface area contributed by atoms with Crippen molar-refractivity contribution in [3.63, 3.8) is 0 Å². The molecule has 0 spiro atoms. The summed E-state index contributed by atoms with van der Waals surface area (Å²) in [6, 6.07) is 5.13. The Bertz CT molecular complexity index is 851. The fourth-order valence-corrected chi connectivity index (χ4v) is 1.94. The molecule has 26 heavy (non-hydrogen) atoms. The molecule has 0 fully saturated rings. The number of rotatable bonds is 4. The number of nitrogens with two attached hydrogens (primary N) is 1. The number of ether oxygens (including phenoxy) is 2. The van der Waals surface area contributed by atoms with E-state index >= 15 is 0 Å². The van der Waals surface area contributed by atoms with Crippen LogP contribution in [0, 0.1) is 15.9 Å². The fraction of sp³-hybridized carbons (Fsp3) is 0.250. The highest BCUT2D eigenvalue weighted by Gasteiger charge is 2.23. The van der Waals surface area contributed by atoms with Crippen LogP contribution < -0.4 is 15.8 Å². The van der Waals surface area contributed by atoms with Gasteiger partial charge < -0.3 is 15.2 Å². The third-order valence-electron chi connectivity index (χ3n) is 2.92. The number of hydrogen-bond donors (Lipinski definition) is 2. The normalized spacial score (nSPS) is 10.9. The summed E-state index contributed by atoms with van der Waals surface area (Å²) < 4.78 is 24.9. The van der Waals surface area contributed by atoms with Crippen molar-refractivity contribution in [3.8, 4) is 11.5 Å². The number of halogens is 1. The van der Waals surface area contributed by atoms with Crippen molar-refractivity contribution in [2.45, 2.75) is 26.4 Å². The highest BCUT2D eigenvalue weighted by molar-refractivity contribution is 5.85. The number of nitro groups is 1. The number of pyridine rings is 1. The molecule has 1 amide bonds. The van der Waals surface area contributed by atoms with Crippen LogP contribution in [0.25, 0.3) is 0 Å². The maximum absolute atomic E-state index is 14.6. The highest BCUT2D eigenvalue weighted by atomic mass is 19.1. The fourth-order valence-electron chi connectivity index (χ4n) is 1.94. The molecule has 0 aliphatic heterocycles. The SMILES string of the molecule is CC(C)(C)OC(=O)Nc1cccc(Oc2ccnc(N)c2[N+](=O)[O-])c1F. The first-order chi connectivity index (χ1) is 12.1. The monoisotopic (exact) mass is 364 g/mol. The molecule has 2 rings (SSSR count). The Kier molecular flexibility index (Phi) is 5.24. The van der Waals surface area contributed by atoms with Crippen molar-refractivity contribution in [3.05, 3.63) is 46.4 Å². The van der Waals surface area contributed by atoms with Gasteiger partial charge in [-0.05, 0) is 32.9 Å². The summed E-state index contributed by atoms with van der Waals surface area (Å²) in [6.45, 7) is 4.99. The molecular weight excluding hydrogens is 347 g/mol. The van der Waals surface area contributed by atoms with Crippen LogP contribution in [-0.2, 0) is 4.74 Å². The van der Waals surface area contributed by atoms with Gasteiger partial charge in [-0.3, -0.25) is 15.4 Å². The molecule has 0 saturated carbocycles. The number of nitrogens with one attached hydrogen (secondary N) is 1. The molecule has 0 aliphatic rings. The second-order valence-electron chi connectivity index (χ2n) is 6.15. The molecule has 0 unspecified atom stereocenters. The Morgan fingerprint density at radius 1 is 1.31 bits per heavy atom. The number of aromatic nitrogens is 1. The molecule has 0 aliphatic carbocycles. The van der Waals surface area contributed by atoms with Gasteiger partial charge in [0.2, 0.25) is 11.6 Å². The number of anilines is 2. The lowest BCUT2D eigenvalue weighted by atomic mass is 10.2. The Morgan fingerprint density at radius 3 is 2.62 bits per heavy atom. The van der Waals surface area contributed by atoms with Crippen LogP contribution in [0.3, 0.4) is 0 Å². The minimum atomic E-state index is -0.928. The van der Waals surface area contributed by atoms with Gasteiger partial charge in [0, 0.05) is 12.3 Å². The Hall–Kier alpha value is -3.43. The van der Waals surface area contributed by atoms with Gasteiger partial charge >= 0.3 is 11.8 Å². The van der Waals surface area contributed by atoms with Gasteiger partial charge in [-0.25, -0.2) is 14.2 Å². The maximum atomic E-state index is 14.6. The third kappa shape index (κ3) is 4.56. The Balaban J connectivity index is 2.29. The molecule has 10 heteroatoms. The molecule has 138 valence electrons. The Morgan fingerprint density at radius 2 is 2.00 bits per heavy atom. The summed E-state index contributed by atoms with van der Waals surface area (Å²) in [5.41, 5.74) is 3.92. The van der Waals surface area contributed by atoms with E-state index in [1.807, 2.05) is 0 Å². The smallest absolute Gasteiger partial charge is 0.412 e. The summed E-state index contributed by atoms with van der Waals surface area (Å²) in [5.74, 6) is -1.91. The minimum Gasteiger partial charge on any atom is -0.447 e. The van der Waals surface area contributed by atoms with Crippen molar-refractivity contribution < 1.29 is 23.6 Å². The number of amides is 1. The third-order valence-corrected chi connectivity index (χ3v) is 2.92. The second-order valence-corrected chi connectivity index (χ2v) is 6.15. The summed E-state index contributed by atoms with van der Waals surface area (Å²) >= 11 is 0. The first-order valence-electron chi connectivity index (χ1n) is 7.43. The zero-order chi connectivity index (χ0) is 19.5. The van der Waals surface area contributed by atoms with Crippen molar-refractivity contribution in [2.75, 3.05) is 11.1 Å². The lowest BCUT2D eigenvalue weighted by Gasteiger charge is -2.20. The predicted molar refractivity (Wildman–Crippen MR) is 91.6 cm³/mol. The van der Waals surface area contributed by atoms with Crippen LogP contribution in [0.5, 0.6) is 11.5 Å². The standard InChI is InChI=1S/C16H17FN4O5/c1-16(2,3)26-15(22)20-9-5-4-6-10(12(9)17)25-11-7-8-19-14(18)13(11)21(23)24/h4-8H,1-3H3,(H2,18,19)(H,20,22). The number of carbonyl (C=O) groups excluding carboxylic acids is 1. The van der Waals surface area contributed by atoms with Crippen LogP contribution in [0.1, 0.15) is 20.8 Å². The van der Waals surface area contributed by atoms with Crippen LogP contribution in [-0.4, -0.2) is 21.6 Å². The van der Waals surface area contributed by atoms with Crippen molar-refractivity contribution in [1.29, 1.82) is 0 Å². The zero-order valence-corrected chi connectivity index (χ0v) is 14.3. The predicted octanol–water partition coefficient (Wildman–Crippen LogP) is 3.85. The Labute approximate surface area is 148 Å². The number of nitrogen functional groups attached to an aromatic ring is 1. The molecular formula is C16H17FN4O5.